The summed E-state index contributed by atoms with van der Waals surface area (Å²) in [7, 11) is 0. The highest BCUT2D eigenvalue weighted by Crippen LogP contribution is 2.21. The van der Waals surface area contributed by atoms with Gasteiger partial charge in [-0.2, -0.15) is 5.26 Å². The van der Waals surface area contributed by atoms with Crippen LogP contribution in [0.2, 0.25) is 0 Å². The Labute approximate surface area is 125 Å². The molecule has 2 rings (SSSR count). The van der Waals surface area contributed by atoms with Gasteiger partial charge in [-0.05, 0) is 36.5 Å². The molecule has 0 bridgehead atoms. The van der Waals surface area contributed by atoms with E-state index in [9.17, 15) is 4.79 Å². The summed E-state index contributed by atoms with van der Waals surface area (Å²) in [6, 6.07) is 9.64. The van der Waals surface area contributed by atoms with Crippen LogP contribution in [-0.2, 0) is 16.1 Å². The second-order valence-electron chi connectivity index (χ2n) is 5.42. The van der Waals surface area contributed by atoms with E-state index in [4.69, 9.17) is 15.7 Å². The van der Waals surface area contributed by atoms with E-state index in [0.29, 0.717) is 24.4 Å². The number of nitrogens with one attached hydrogen (secondary N) is 1. The molecule has 1 fully saturated rings. The van der Waals surface area contributed by atoms with Gasteiger partial charge < -0.3 is 15.8 Å². The van der Waals surface area contributed by atoms with E-state index < -0.39 is 0 Å². The predicted octanol–water partition coefficient (Wildman–Crippen LogP) is 1.32. The van der Waals surface area contributed by atoms with Crippen LogP contribution in [0.3, 0.4) is 0 Å². The van der Waals surface area contributed by atoms with Gasteiger partial charge in [-0.1, -0.05) is 12.1 Å². The number of nitrogens with two attached hydrogens (primary N) is 1. The lowest BCUT2D eigenvalue weighted by molar-refractivity contribution is -0.119. The standard InChI is InChI=1S/C16H21N3O2/c17-10-12-1-3-13(4-2-12)11-19-15(9-16(18)20)14-5-7-21-8-6-14/h1-4,14-15,19H,5-9,11H2,(H2,18,20)/t15-/m1/s1. The highest BCUT2D eigenvalue weighted by atomic mass is 16.5. The fraction of sp³-hybridized carbons (Fsp3) is 0.500. The van der Waals surface area contributed by atoms with Crippen LogP contribution in [0.4, 0.5) is 0 Å². The van der Waals surface area contributed by atoms with Gasteiger partial charge in [0.1, 0.15) is 0 Å². The third-order valence-electron chi connectivity index (χ3n) is 3.91. The number of amides is 1. The molecule has 1 aromatic rings. The highest BCUT2D eigenvalue weighted by Gasteiger charge is 2.25. The van der Waals surface area contributed by atoms with Crippen molar-refractivity contribution in [3.05, 3.63) is 35.4 Å². The van der Waals surface area contributed by atoms with Crippen molar-refractivity contribution in [2.45, 2.75) is 31.8 Å². The molecule has 0 unspecified atom stereocenters. The monoisotopic (exact) mass is 287 g/mol. The summed E-state index contributed by atoms with van der Waals surface area (Å²) in [6.07, 6.45) is 2.26. The fourth-order valence-electron chi connectivity index (χ4n) is 2.69. The second kappa shape index (κ2) is 7.77. The molecule has 1 aliphatic rings. The van der Waals surface area contributed by atoms with Crippen LogP contribution in [0.1, 0.15) is 30.4 Å². The summed E-state index contributed by atoms with van der Waals surface area (Å²) < 4.78 is 5.37. The first-order valence-corrected chi connectivity index (χ1v) is 7.27. The molecule has 0 spiro atoms. The number of nitriles is 1. The molecule has 0 aliphatic carbocycles. The first-order valence-electron chi connectivity index (χ1n) is 7.27. The Hall–Kier alpha value is -1.90. The van der Waals surface area contributed by atoms with Crippen LogP contribution in [0.5, 0.6) is 0 Å². The topological polar surface area (TPSA) is 88.1 Å². The molecule has 1 aliphatic heterocycles. The van der Waals surface area contributed by atoms with E-state index in [1.807, 2.05) is 12.1 Å². The van der Waals surface area contributed by atoms with Crippen LogP contribution in [0, 0.1) is 17.2 Å². The molecule has 1 amide bonds. The Bertz CT molecular complexity index is 501. The number of nitrogens with zero attached hydrogens (tertiary/aromatic N) is 1. The zero-order valence-corrected chi connectivity index (χ0v) is 12.0. The number of hydrogen-bond donors (Lipinski definition) is 2. The van der Waals surface area contributed by atoms with Crippen LogP contribution in [0.25, 0.3) is 0 Å². The van der Waals surface area contributed by atoms with Gasteiger partial charge in [0.2, 0.25) is 5.91 Å². The quantitative estimate of drug-likeness (QED) is 0.826. The SMILES string of the molecule is N#Cc1ccc(CN[C@H](CC(N)=O)C2CCOCC2)cc1. The minimum atomic E-state index is -0.279. The molecule has 1 aromatic carbocycles. The summed E-state index contributed by atoms with van der Waals surface area (Å²) in [6.45, 7) is 2.16. The van der Waals surface area contributed by atoms with Crippen molar-refractivity contribution in [2.24, 2.45) is 11.7 Å². The summed E-state index contributed by atoms with van der Waals surface area (Å²) in [5, 5.41) is 12.2. The number of carbonyl (C=O) groups is 1. The molecular weight excluding hydrogens is 266 g/mol. The van der Waals surface area contributed by atoms with Crippen molar-refractivity contribution in [3.8, 4) is 6.07 Å². The average Bonchev–Trinajstić information content (AvgIpc) is 2.52. The molecule has 112 valence electrons. The maximum Gasteiger partial charge on any atom is 0.218 e. The van der Waals surface area contributed by atoms with E-state index in [-0.39, 0.29) is 11.9 Å². The maximum absolute atomic E-state index is 11.3. The molecule has 1 heterocycles. The number of hydrogen-bond acceptors (Lipinski definition) is 4. The first-order chi connectivity index (χ1) is 10.2. The van der Waals surface area contributed by atoms with Gasteiger partial charge >= 0.3 is 0 Å². The summed E-state index contributed by atoms with van der Waals surface area (Å²) in [5.74, 6) is 0.142. The van der Waals surface area contributed by atoms with E-state index >= 15 is 0 Å². The predicted molar refractivity (Wildman–Crippen MR) is 79.1 cm³/mol. The lowest BCUT2D eigenvalue weighted by atomic mass is 9.89. The van der Waals surface area contributed by atoms with Gasteiger partial charge in [-0.25, -0.2) is 0 Å². The zero-order chi connectivity index (χ0) is 15.1. The average molecular weight is 287 g/mol. The number of benzene rings is 1. The smallest absolute Gasteiger partial charge is 0.218 e. The zero-order valence-electron chi connectivity index (χ0n) is 12.0. The second-order valence-corrected chi connectivity index (χ2v) is 5.42. The molecule has 0 saturated carbocycles. The number of primary amides is 1. The number of ether oxygens (including phenoxy) is 1. The van der Waals surface area contributed by atoms with Gasteiger partial charge in [0.05, 0.1) is 11.6 Å². The van der Waals surface area contributed by atoms with E-state index in [0.717, 1.165) is 31.6 Å². The molecule has 0 aromatic heterocycles. The maximum atomic E-state index is 11.3. The largest absolute Gasteiger partial charge is 0.381 e. The van der Waals surface area contributed by atoms with Gasteiger partial charge in [0.15, 0.2) is 0 Å². The minimum absolute atomic E-state index is 0.0852. The fourth-order valence-corrected chi connectivity index (χ4v) is 2.69. The van der Waals surface area contributed by atoms with E-state index in [1.54, 1.807) is 12.1 Å². The lowest BCUT2D eigenvalue weighted by Crippen LogP contribution is -2.41. The van der Waals surface area contributed by atoms with Crippen LogP contribution >= 0.6 is 0 Å². The third-order valence-corrected chi connectivity index (χ3v) is 3.91. The Morgan fingerprint density at radius 1 is 1.38 bits per heavy atom. The number of carbonyl (C=O) groups excluding carboxylic acids is 1. The van der Waals surface area contributed by atoms with Gasteiger partial charge in [-0.3, -0.25) is 4.79 Å². The Morgan fingerprint density at radius 2 is 2.05 bits per heavy atom. The molecule has 0 radical (unpaired) electrons. The number of rotatable bonds is 6. The van der Waals surface area contributed by atoms with Gasteiger partial charge in [-0.15, -0.1) is 0 Å². The first kappa shape index (κ1) is 15.5. The van der Waals surface area contributed by atoms with Crippen molar-refractivity contribution in [1.29, 1.82) is 5.26 Å². The van der Waals surface area contributed by atoms with Crippen LogP contribution in [-0.4, -0.2) is 25.2 Å². The van der Waals surface area contributed by atoms with Crippen molar-refractivity contribution in [1.82, 2.24) is 5.32 Å². The molecule has 3 N–H and O–H groups in total. The molecule has 5 nitrogen and oxygen atoms in total. The Kier molecular flexibility index (Phi) is 5.73. The Balaban J connectivity index is 1.93. The minimum Gasteiger partial charge on any atom is -0.381 e. The molecule has 21 heavy (non-hydrogen) atoms. The molecule has 5 heteroatoms. The van der Waals surface area contributed by atoms with Crippen LogP contribution in [0.15, 0.2) is 24.3 Å². The molecule has 1 atom stereocenters. The lowest BCUT2D eigenvalue weighted by Gasteiger charge is -2.30. The Morgan fingerprint density at radius 3 is 2.62 bits per heavy atom. The van der Waals surface area contributed by atoms with Crippen molar-refractivity contribution in [3.63, 3.8) is 0 Å². The van der Waals surface area contributed by atoms with E-state index in [2.05, 4.69) is 11.4 Å². The molecule has 1 saturated heterocycles. The molecular formula is C16H21N3O2. The van der Waals surface area contributed by atoms with Crippen LogP contribution < -0.4 is 11.1 Å². The normalized spacial score (nSPS) is 17.1. The van der Waals surface area contributed by atoms with Gasteiger partial charge in [0, 0.05) is 32.2 Å². The van der Waals surface area contributed by atoms with Crippen molar-refractivity contribution < 1.29 is 9.53 Å². The third kappa shape index (κ3) is 4.85. The van der Waals surface area contributed by atoms with Crippen molar-refractivity contribution in [2.75, 3.05) is 13.2 Å². The van der Waals surface area contributed by atoms with Gasteiger partial charge in [0.25, 0.3) is 0 Å². The highest BCUT2D eigenvalue weighted by molar-refractivity contribution is 5.74. The summed E-state index contributed by atoms with van der Waals surface area (Å²) >= 11 is 0. The summed E-state index contributed by atoms with van der Waals surface area (Å²) in [4.78, 5) is 11.3. The van der Waals surface area contributed by atoms with Crippen molar-refractivity contribution >= 4 is 5.91 Å². The summed E-state index contributed by atoms with van der Waals surface area (Å²) in [5.41, 5.74) is 7.10. The van der Waals surface area contributed by atoms with E-state index in [1.165, 1.54) is 0 Å².